The van der Waals surface area contributed by atoms with Gasteiger partial charge >= 0.3 is 11.7 Å². The number of nitro groups is 1. The first-order chi connectivity index (χ1) is 9.49. The van der Waals surface area contributed by atoms with E-state index in [4.69, 9.17) is 9.84 Å². The van der Waals surface area contributed by atoms with Gasteiger partial charge in [-0.25, -0.2) is 4.79 Å². The zero-order valence-electron chi connectivity index (χ0n) is 10.6. The molecule has 0 aliphatic rings. The van der Waals surface area contributed by atoms with Crippen LogP contribution in [0.15, 0.2) is 42.5 Å². The van der Waals surface area contributed by atoms with Gasteiger partial charge in [0.2, 0.25) is 5.75 Å². The smallest absolute Gasteiger partial charge is 0.335 e. The molecular formula is C14H11NO5. The van der Waals surface area contributed by atoms with Gasteiger partial charge < -0.3 is 9.84 Å². The third kappa shape index (κ3) is 2.74. The van der Waals surface area contributed by atoms with E-state index in [1.165, 1.54) is 24.3 Å². The highest BCUT2D eigenvalue weighted by atomic mass is 16.6. The van der Waals surface area contributed by atoms with E-state index in [9.17, 15) is 14.9 Å². The molecule has 0 aliphatic heterocycles. The summed E-state index contributed by atoms with van der Waals surface area (Å²) in [5.74, 6) is -0.739. The largest absolute Gasteiger partial charge is 0.478 e. The van der Waals surface area contributed by atoms with Gasteiger partial charge in [-0.3, -0.25) is 10.1 Å². The molecule has 0 fully saturated rings. The molecule has 0 bridgehead atoms. The lowest BCUT2D eigenvalue weighted by atomic mass is 10.2. The first kappa shape index (κ1) is 13.5. The van der Waals surface area contributed by atoms with Gasteiger partial charge in [0.1, 0.15) is 5.75 Å². The fourth-order valence-electron chi connectivity index (χ4n) is 1.72. The molecule has 0 saturated carbocycles. The van der Waals surface area contributed by atoms with Gasteiger partial charge in [0.05, 0.1) is 10.5 Å². The summed E-state index contributed by atoms with van der Waals surface area (Å²) in [7, 11) is 0. The molecular weight excluding hydrogens is 262 g/mol. The molecule has 2 rings (SSSR count). The van der Waals surface area contributed by atoms with Crippen LogP contribution in [0, 0.1) is 17.0 Å². The van der Waals surface area contributed by atoms with E-state index in [0.717, 1.165) is 0 Å². The molecule has 0 aromatic heterocycles. The van der Waals surface area contributed by atoms with Crippen molar-refractivity contribution in [1.29, 1.82) is 0 Å². The van der Waals surface area contributed by atoms with Crippen LogP contribution in [0.25, 0.3) is 0 Å². The molecule has 0 heterocycles. The molecule has 1 N–H and O–H groups in total. The van der Waals surface area contributed by atoms with E-state index >= 15 is 0 Å². The van der Waals surface area contributed by atoms with E-state index in [2.05, 4.69) is 0 Å². The lowest BCUT2D eigenvalue weighted by Crippen LogP contribution is -1.98. The number of nitro benzene ring substituents is 1. The SMILES string of the molecule is Cc1cccc([N+](=O)[O-])c1Oc1cccc(C(=O)O)c1. The molecule has 6 nitrogen and oxygen atoms in total. The van der Waals surface area contributed by atoms with E-state index in [-0.39, 0.29) is 22.7 Å². The van der Waals surface area contributed by atoms with Crippen molar-refractivity contribution in [1.82, 2.24) is 0 Å². The van der Waals surface area contributed by atoms with E-state index in [1.54, 1.807) is 25.1 Å². The number of hydrogen-bond donors (Lipinski definition) is 1. The zero-order chi connectivity index (χ0) is 14.7. The normalized spacial score (nSPS) is 10.1. The number of benzene rings is 2. The van der Waals surface area contributed by atoms with Crippen molar-refractivity contribution < 1.29 is 19.6 Å². The molecule has 6 heteroatoms. The number of rotatable bonds is 4. The van der Waals surface area contributed by atoms with Crippen molar-refractivity contribution in [3.05, 3.63) is 63.7 Å². The van der Waals surface area contributed by atoms with Crippen molar-refractivity contribution in [2.75, 3.05) is 0 Å². The predicted octanol–water partition coefficient (Wildman–Crippen LogP) is 3.39. The summed E-state index contributed by atoms with van der Waals surface area (Å²) in [6, 6.07) is 10.4. The monoisotopic (exact) mass is 273 g/mol. The minimum Gasteiger partial charge on any atom is -0.478 e. The van der Waals surface area contributed by atoms with E-state index in [0.29, 0.717) is 5.56 Å². The predicted molar refractivity (Wildman–Crippen MR) is 71.3 cm³/mol. The molecule has 2 aromatic carbocycles. The molecule has 0 spiro atoms. The molecule has 0 amide bonds. The van der Waals surface area contributed by atoms with E-state index < -0.39 is 10.9 Å². The zero-order valence-corrected chi connectivity index (χ0v) is 10.6. The lowest BCUT2D eigenvalue weighted by Gasteiger charge is -2.09. The number of carbonyl (C=O) groups is 1. The number of carboxylic acids is 1. The average Bonchev–Trinajstić information content (AvgIpc) is 2.41. The van der Waals surface area contributed by atoms with Gasteiger partial charge in [-0.15, -0.1) is 0 Å². The molecule has 2 aromatic rings. The second kappa shape index (κ2) is 5.40. The van der Waals surface area contributed by atoms with Crippen LogP contribution in [-0.4, -0.2) is 16.0 Å². The molecule has 0 aliphatic carbocycles. The first-order valence-corrected chi connectivity index (χ1v) is 5.74. The fraction of sp³-hybridized carbons (Fsp3) is 0.0714. The van der Waals surface area contributed by atoms with Crippen LogP contribution in [0.4, 0.5) is 5.69 Å². The van der Waals surface area contributed by atoms with Crippen LogP contribution < -0.4 is 4.74 Å². The van der Waals surface area contributed by atoms with Gasteiger partial charge in [-0.2, -0.15) is 0 Å². The maximum atomic E-state index is 11.0. The topological polar surface area (TPSA) is 89.7 Å². The second-order valence-electron chi connectivity index (χ2n) is 4.12. The highest BCUT2D eigenvalue weighted by Crippen LogP contribution is 2.34. The van der Waals surface area contributed by atoms with Crippen molar-refractivity contribution >= 4 is 11.7 Å². The van der Waals surface area contributed by atoms with Crippen LogP contribution in [0.2, 0.25) is 0 Å². The molecule has 0 radical (unpaired) electrons. The number of hydrogen-bond acceptors (Lipinski definition) is 4. The summed E-state index contributed by atoms with van der Waals surface area (Å²) in [6.45, 7) is 1.68. The maximum absolute atomic E-state index is 11.0. The average molecular weight is 273 g/mol. The van der Waals surface area contributed by atoms with Gasteiger partial charge in [0.15, 0.2) is 0 Å². The summed E-state index contributed by atoms with van der Waals surface area (Å²) in [5.41, 5.74) is 0.490. The molecule has 20 heavy (non-hydrogen) atoms. The standard InChI is InChI=1S/C14H11NO5/c1-9-4-2-7-12(15(18)19)13(9)20-11-6-3-5-10(8-11)14(16)17/h2-8H,1H3,(H,16,17). The van der Waals surface area contributed by atoms with Crippen molar-refractivity contribution in [2.45, 2.75) is 6.92 Å². The van der Waals surface area contributed by atoms with Gasteiger partial charge in [-0.05, 0) is 30.7 Å². The number of aryl methyl sites for hydroxylation is 1. The Bertz CT molecular complexity index is 681. The van der Waals surface area contributed by atoms with Crippen LogP contribution in [0.5, 0.6) is 11.5 Å². The lowest BCUT2D eigenvalue weighted by molar-refractivity contribution is -0.385. The van der Waals surface area contributed by atoms with Crippen molar-refractivity contribution in [3.8, 4) is 11.5 Å². The fourth-order valence-corrected chi connectivity index (χ4v) is 1.72. The van der Waals surface area contributed by atoms with Gasteiger partial charge in [0.25, 0.3) is 0 Å². The molecule has 0 unspecified atom stereocenters. The highest BCUT2D eigenvalue weighted by Gasteiger charge is 2.18. The summed E-state index contributed by atoms with van der Waals surface area (Å²) in [4.78, 5) is 21.3. The minimum atomic E-state index is -1.09. The number of nitrogens with zero attached hydrogens (tertiary/aromatic N) is 1. The Hall–Kier alpha value is -2.89. The number of para-hydroxylation sites is 1. The Morgan fingerprint density at radius 3 is 2.60 bits per heavy atom. The minimum absolute atomic E-state index is 0.0544. The third-order valence-electron chi connectivity index (χ3n) is 2.69. The quantitative estimate of drug-likeness (QED) is 0.681. The highest BCUT2D eigenvalue weighted by molar-refractivity contribution is 5.88. The summed E-state index contributed by atoms with van der Waals surface area (Å²) in [6.07, 6.45) is 0. The van der Waals surface area contributed by atoms with Gasteiger partial charge in [0, 0.05) is 6.07 Å². The summed E-state index contributed by atoms with van der Waals surface area (Å²) >= 11 is 0. The Labute approximate surface area is 114 Å². The second-order valence-corrected chi connectivity index (χ2v) is 4.12. The Morgan fingerprint density at radius 1 is 1.25 bits per heavy atom. The summed E-state index contributed by atoms with van der Waals surface area (Å²) in [5, 5.41) is 19.9. The first-order valence-electron chi connectivity index (χ1n) is 5.74. The number of aromatic carboxylic acids is 1. The Kier molecular flexibility index (Phi) is 3.65. The molecule has 102 valence electrons. The number of ether oxygens (including phenoxy) is 1. The molecule has 0 atom stereocenters. The van der Waals surface area contributed by atoms with Crippen LogP contribution >= 0.6 is 0 Å². The van der Waals surface area contributed by atoms with Crippen LogP contribution in [0.1, 0.15) is 15.9 Å². The van der Waals surface area contributed by atoms with Gasteiger partial charge in [-0.1, -0.05) is 18.2 Å². The van der Waals surface area contributed by atoms with Crippen LogP contribution in [0.3, 0.4) is 0 Å². The Morgan fingerprint density at radius 2 is 1.95 bits per heavy atom. The molecule has 0 saturated heterocycles. The Balaban J connectivity index is 2.42. The van der Waals surface area contributed by atoms with Crippen LogP contribution in [-0.2, 0) is 0 Å². The number of carboxylic acid groups (broad SMARTS) is 1. The van der Waals surface area contributed by atoms with Crippen molar-refractivity contribution in [2.24, 2.45) is 0 Å². The summed E-state index contributed by atoms with van der Waals surface area (Å²) < 4.78 is 5.49. The third-order valence-corrected chi connectivity index (χ3v) is 2.69. The van der Waals surface area contributed by atoms with E-state index in [1.807, 2.05) is 0 Å². The maximum Gasteiger partial charge on any atom is 0.335 e. The van der Waals surface area contributed by atoms with Crippen molar-refractivity contribution in [3.63, 3.8) is 0 Å².